The molecule has 1 N–H and O–H groups in total. The number of carbonyl (C=O) groups is 1. The summed E-state index contributed by atoms with van der Waals surface area (Å²) in [5, 5.41) is 2.49. The Morgan fingerprint density at radius 2 is 1.84 bits per heavy atom. The monoisotopic (exact) mass is 276 g/mol. The second-order valence-corrected chi connectivity index (χ2v) is 4.49. The van der Waals surface area contributed by atoms with E-state index in [1.807, 2.05) is 0 Å². The van der Waals surface area contributed by atoms with Gasteiger partial charge in [-0.2, -0.15) is 13.2 Å². The summed E-state index contributed by atoms with van der Waals surface area (Å²) in [4.78, 5) is 12.9. The van der Waals surface area contributed by atoms with Gasteiger partial charge in [0.15, 0.2) is 0 Å². The van der Waals surface area contributed by atoms with Crippen LogP contribution in [0.15, 0.2) is 24.3 Å². The smallest absolute Gasteiger partial charge is 0.325 e. The van der Waals surface area contributed by atoms with Gasteiger partial charge in [-0.3, -0.25) is 9.69 Å². The van der Waals surface area contributed by atoms with Crippen LogP contribution < -0.4 is 5.32 Å². The largest absolute Gasteiger partial charge is 0.394 e. The summed E-state index contributed by atoms with van der Waals surface area (Å²) < 4.78 is 49.3. The molecule has 1 aromatic rings. The number of rotatable bonds is 3. The second-order valence-electron chi connectivity index (χ2n) is 4.49. The maximum absolute atomic E-state index is 12.6. The molecule has 0 aliphatic carbocycles. The van der Waals surface area contributed by atoms with E-state index in [4.69, 9.17) is 0 Å². The third kappa shape index (κ3) is 3.66. The lowest BCUT2D eigenvalue weighted by Gasteiger charge is -2.39. The van der Waals surface area contributed by atoms with Crippen LogP contribution in [0, 0.1) is 11.7 Å². The van der Waals surface area contributed by atoms with Crippen LogP contribution in [-0.2, 0) is 4.79 Å². The standard InChI is InChI=1S/C12H12F4N2O/c13-9-1-3-10(4-2-9)17-11(19)7-18-5-8(6-18)12(14,15)16/h1-4,8H,5-7H2,(H,17,19). The van der Waals surface area contributed by atoms with E-state index in [-0.39, 0.29) is 19.6 Å². The molecule has 104 valence electrons. The van der Waals surface area contributed by atoms with Crippen LogP contribution in [0.25, 0.3) is 0 Å². The lowest BCUT2D eigenvalue weighted by atomic mass is 10.00. The zero-order valence-electron chi connectivity index (χ0n) is 9.88. The maximum atomic E-state index is 12.6. The van der Waals surface area contributed by atoms with Gasteiger partial charge < -0.3 is 5.32 Å². The molecule has 1 amide bonds. The number of benzene rings is 1. The first-order valence-electron chi connectivity index (χ1n) is 5.69. The molecular weight excluding hydrogens is 264 g/mol. The SMILES string of the molecule is O=C(CN1CC(C(F)(F)F)C1)Nc1ccc(F)cc1. The van der Waals surface area contributed by atoms with Gasteiger partial charge >= 0.3 is 6.18 Å². The quantitative estimate of drug-likeness (QED) is 0.859. The molecule has 19 heavy (non-hydrogen) atoms. The Kier molecular flexibility index (Phi) is 3.75. The summed E-state index contributed by atoms with van der Waals surface area (Å²) in [6.45, 7) is -0.398. The summed E-state index contributed by atoms with van der Waals surface area (Å²) in [6.07, 6.45) is -4.19. The Morgan fingerprint density at radius 1 is 1.26 bits per heavy atom. The predicted molar refractivity (Wildman–Crippen MR) is 61.0 cm³/mol. The highest BCUT2D eigenvalue weighted by molar-refractivity contribution is 5.92. The number of carbonyl (C=O) groups excluding carboxylic acids is 1. The number of amides is 1. The highest BCUT2D eigenvalue weighted by Gasteiger charge is 2.47. The number of nitrogens with one attached hydrogen (secondary N) is 1. The molecule has 0 bridgehead atoms. The summed E-state index contributed by atoms with van der Waals surface area (Å²) in [5.74, 6) is -2.17. The molecule has 0 radical (unpaired) electrons. The number of nitrogens with zero attached hydrogens (tertiary/aromatic N) is 1. The van der Waals surface area contributed by atoms with Crippen LogP contribution in [0.3, 0.4) is 0 Å². The molecule has 0 atom stereocenters. The van der Waals surface area contributed by atoms with Crippen molar-refractivity contribution in [3.8, 4) is 0 Å². The van der Waals surface area contributed by atoms with E-state index < -0.39 is 23.8 Å². The second kappa shape index (κ2) is 5.16. The fourth-order valence-corrected chi connectivity index (χ4v) is 1.84. The van der Waals surface area contributed by atoms with Gasteiger partial charge in [0.05, 0.1) is 12.5 Å². The van der Waals surface area contributed by atoms with Crippen LogP contribution in [0.5, 0.6) is 0 Å². The lowest BCUT2D eigenvalue weighted by molar-refractivity contribution is -0.208. The predicted octanol–water partition coefficient (Wildman–Crippen LogP) is 2.26. The van der Waals surface area contributed by atoms with Crippen molar-refractivity contribution in [1.82, 2.24) is 4.90 Å². The summed E-state index contributed by atoms with van der Waals surface area (Å²) in [5.41, 5.74) is 0.416. The minimum Gasteiger partial charge on any atom is -0.325 e. The number of alkyl halides is 3. The van der Waals surface area contributed by atoms with Gasteiger partial charge in [0.1, 0.15) is 5.82 Å². The van der Waals surface area contributed by atoms with Crippen molar-refractivity contribution in [3.63, 3.8) is 0 Å². The van der Waals surface area contributed by atoms with E-state index >= 15 is 0 Å². The molecule has 2 rings (SSSR count). The van der Waals surface area contributed by atoms with Gasteiger partial charge in [0.2, 0.25) is 5.91 Å². The van der Waals surface area contributed by atoms with Gasteiger partial charge in [0.25, 0.3) is 0 Å². The highest BCUT2D eigenvalue weighted by Crippen LogP contribution is 2.33. The Hall–Kier alpha value is -1.63. The molecule has 1 aromatic carbocycles. The van der Waals surface area contributed by atoms with Crippen LogP contribution >= 0.6 is 0 Å². The van der Waals surface area contributed by atoms with Crippen LogP contribution in [0.4, 0.5) is 23.2 Å². The minimum absolute atomic E-state index is 0.0933. The van der Waals surface area contributed by atoms with Crippen molar-refractivity contribution in [3.05, 3.63) is 30.1 Å². The fraction of sp³-hybridized carbons (Fsp3) is 0.417. The van der Waals surface area contributed by atoms with Crippen molar-refractivity contribution in [2.75, 3.05) is 25.0 Å². The van der Waals surface area contributed by atoms with Gasteiger partial charge in [-0.1, -0.05) is 0 Å². The van der Waals surface area contributed by atoms with Crippen molar-refractivity contribution >= 4 is 11.6 Å². The molecule has 3 nitrogen and oxygen atoms in total. The number of anilines is 1. The normalized spacial score (nSPS) is 17.1. The molecule has 0 spiro atoms. The molecule has 0 unspecified atom stereocenters. The molecule has 1 saturated heterocycles. The number of halogens is 4. The number of likely N-dealkylation sites (tertiary alicyclic amines) is 1. The average Bonchev–Trinajstić information content (AvgIpc) is 2.24. The fourth-order valence-electron chi connectivity index (χ4n) is 1.84. The third-order valence-corrected chi connectivity index (χ3v) is 2.92. The van der Waals surface area contributed by atoms with Gasteiger partial charge in [-0.05, 0) is 24.3 Å². The van der Waals surface area contributed by atoms with Crippen molar-refractivity contribution in [1.29, 1.82) is 0 Å². The minimum atomic E-state index is -4.19. The molecule has 0 saturated carbocycles. The maximum Gasteiger partial charge on any atom is 0.394 e. The molecule has 1 heterocycles. The van der Waals surface area contributed by atoms with Crippen LogP contribution in [0.2, 0.25) is 0 Å². The van der Waals surface area contributed by atoms with Gasteiger partial charge in [-0.25, -0.2) is 4.39 Å². The first-order chi connectivity index (χ1) is 8.84. The summed E-state index contributed by atoms with van der Waals surface area (Å²) >= 11 is 0. The molecule has 0 aromatic heterocycles. The lowest BCUT2D eigenvalue weighted by Crippen LogP contribution is -2.55. The molecular formula is C12H12F4N2O. The van der Waals surface area contributed by atoms with E-state index in [1.54, 1.807) is 0 Å². The number of hydrogen-bond acceptors (Lipinski definition) is 2. The van der Waals surface area contributed by atoms with Crippen molar-refractivity contribution < 1.29 is 22.4 Å². The summed E-state index contributed by atoms with van der Waals surface area (Å²) in [6, 6.07) is 5.17. The highest BCUT2D eigenvalue weighted by atomic mass is 19.4. The number of hydrogen-bond donors (Lipinski definition) is 1. The average molecular weight is 276 g/mol. The van der Waals surface area contributed by atoms with E-state index in [1.165, 1.54) is 29.2 Å². The third-order valence-electron chi connectivity index (χ3n) is 2.92. The summed E-state index contributed by atoms with van der Waals surface area (Å²) in [7, 11) is 0. The van der Waals surface area contributed by atoms with Crippen LogP contribution in [-0.4, -0.2) is 36.6 Å². The van der Waals surface area contributed by atoms with E-state index in [2.05, 4.69) is 5.32 Å². The molecule has 1 aliphatic heterocycles. The zero-order chi connectivity index (χ0) is 14.0. The topological polar surface area (TPSA) is 32.3 Å². The first-order valence-corrected chi connectivity index (χ1v) is 5.69. The van der Waals surface area contributed by atoms with E-state index in [9.17, 15) is 22.4 Å². The Labute approximate surface area is 107 Å². The molecule has 7 heteroatoms. The van der Waals surface area contributed by atoms with Crippen molar-refractivity contribution in [2.24, 2.45) is 5.92 Å². The molecule has 1 fully saturated rings. The van der Waals surface area contributed by atoms with Gasteiger partial charge in [-0.15, -0.1) is 0 Å². The van der Waals surface area contributed by atoms with Crippen molar-refractivity contribution in [2.45, 2.75) is 6.18 Å². The van der Waals surface area contributed by atoms with E-state index in [0.29, 0.717) is 5.69 Å². The van der Waals surface area contributed by atoms with Gasteiger partial charge in [0, 0.05) is 18.8 Å². The van der Waals surface area contributed by atoms with E-state index in [0.717, 1.165) is 0 Å². The molecule has 1 aliphatic rings. The first kappa shape index (κ1) is 13.8. The van der Waals surface area contributed by atoms with Crippen LogP contribution in [0.1, 0.15) is 0 Å². The Balaban J connectivity index is 1.76. The Bertz CT molecular complexity index is 452. The zero-order valence-corrected chi connectivity index (χ0v) is 9.88. The Morgan fingerprint density at radius 3 is 2.37 bits per heavy atom.